The first-order valence-corrected chi connectivity index (χ1v) is 11.7. The summed E-state index contributed by atoms with van der Waals surface area (Å²) in [6.45, 7) is 6.15. The minimum atomic E-state index is -2.44. The minimum absolute atomic E-state index is 0.131. The van der Waals surface area contributed by atoms with Crippen LogP contribution < -0.4 is 10.2 Å². The van der Waals surface area contributed by atoms with Gasteiger partial charge in [0, 0.05) is 23.7 Å². The molecule has 1 aliphatic heterocycles. The predicted molar refractivity (Wildman–Crippen MR) is 127 cm³/mol. The molecular weight excluding hydrogens is 438 g/mol. The molecule has 1 saturated heterocycles. The van der Waals surface area contributed by atoms with E-state index >= 15 is 0 Å². The summed E-state index contributed by atoms with van der Waals surface area (Å²) in [5.41, 5.74) is 2.99. The van der Waals surface area contributed by atoms with Gasteiger partial charge in [0.15, 0.2) is 5.17 Å². The second-order valence-corrected chi connectivity index (χ2v) is 8.99. The molecule has 31 heavy (non-hydrogen) atoms. The topological polar surface area (TPSA) is 57.1 Å². The third kappa shape index (κ3) is 6.80. The largest absolute Gasteiger partial charge is 0.372 e. The minimum Gasteiger partial charge on any atom is -0.372 e. The summed E-state index contributed by atoms with van der Waals surface area (Å²) in [7, 11) is 0. The van der Waals surface area contributed by atoms with Crippen LogP contribution in [0.3, 0.4) is 0 Å². The van der Waals surface area contributed by atoms with Crippen molar-refractivity contribution in [2.24, 2.45) is 10.2 Å². The number of hydrogen-bond donors (Lipinski definition) is 1. The number of amides is 1. The van der Waals surface area contributed by atoms with Gasteiger partial charge in [-0.05, 0) is 55.7 Å². The van der Waals surface area contributed by atoms with Gasteiger partial charge in [-0.25, -0.2) is 0 Å². The van der Waals surface area contributed by atoms with Gasteiger partial charge < -0.3 is 10.2 Å². The molecule has 1 N–H and O–H groups in total. The molecule has 0 spiro atoms. The van der Waals surface area contributed by atoms with Crippen LogP contribution in [0.25, 0.3) is 0 Å². The number of hydrogen-bond acceptors (Lipinski definition) is 6. The molecule has 164 valence electrons. The molecule has 1 fully saturated rings. The molecule has 1 unspecified atom stereocenters. The van der Waals surface area contributed by atoms with Crippen molar-refractivity contribution in [3.63, 3.8) is 0 Å². The van der Waals surface area contributed by atoms with Crippen LogP contribution >= 0.6 is 23.5 Å². The van der Waals surface area contributed by atoms with Gasteiger partial charge in [-0.2, -0.15) is 13.9 Å². The van der Waals surface area contributed by atoms with Gasteiger partial charge in [0.1, 0.15) is 0 Å². The van der Waals surface area contributed by atoms with Crippen molar-refractivity contribution in [2.45, 2.75) is 36.2 Å². The van der Waals surface area contributed by atoms with Crippen molar-refractivity contribution in [1.29, 1.82) is 0 Å². The number of benzene rings is 2. The molecule has 3 rings (SSSR count). The lowest BCUT2D eigenvalue weighted by molar-refractivity contribution is -0.118. The molecule has 1 amide bonds. The lowest BCUT2D eigenvalue weighted by Gasteiger charge is -2.20. The first-order chi connectivity index (χ1) is 15.0. The van der Waals surface area contributed by atoms with E-state index in [-0.39, 0.29) is 11.2 Å². The average molecular weight is 463 g/mol. The van der Waals surface area contributed by atoms with Crippen LogP contribution in [0.2, 0.25) is 0 Å². The van der Waals surface area contributed by atoms with Crippen LogP contribution in [0.4, 0.5) is 14.5 Å². The van der Waals surface area contributed by atoms with Crippen molar-refractivity contribution in [1.82, 2.24) is 5.32 Å². The zero-order valence-electron chi connectivity index (χ0n) is 17.3. The summed E-state index contributed by atoms with van der Waals surface area (Å²) in [5, 5.41) is 11.1. The van der Waals surface area contributed by atoms with E-state index in [0.717, 1.165) is 29.9 Å². The van der Waals surface area contributed by atoms with E-state index < -0.39 is 5.76 Å². The maximum atomic E-state index is 12.4. The number of amidine groups is 1. The van der Waals surface area contributed by atoms with Crippen molar-refractivity contribution < 1.29 is 13.6 Å². The molecule has 9 heteroatoms. The fourth-order valence-corrected chi connectivity index (χ4v) is 4.58. The van der Waals surface area contributed by atoms with Crippen LogP contribution in [0.5, 0.6) is 0 Å². The summed E-state index contributed by atoms with van der Waals surface area (Å²) >= 11 is 1.83. The van der Waals surface area contributed by atoms with Gasteiger partial charge >= 0.3 is 0 Å². The molecule has 1 heterocycles. The maximum Gasteiger partial charge on any atom is 0.288 e. The summed E-state index contributed by atoms with van der Waals surface area (Å²) in [6, 6.07) is 14.9. The molecule has 0 bridgehead atoms. The standard InChI is InChI=1S/C22H24F2N4OS2/c1-3-28(4-2)17-9-5-16(6-10-17)14-25-27-22-26-20(29)19(31-22)13-15-7-11-18(12-8-15)30-21(23)24/h5-12,14,19,21H,3-4,13H2,1-2H3,(H,26,27,29)/b25-14+. The number of alkyl halides is 2. The van der Waals surface area contributed by atoms with Crippen molar-refractivity contribution in [3.05, 3.63) is 59.7 Å². The Morgan fingerprint density at radius 3 is 2.42 bits per heavy atom. The van der Waals surface area contributed by atoms with E-state index in [9.17, 15) is 13.6 Å². The molecule has 0 saturated carbocycles. The summed E-state index contributed by atoms with van der Waals surface area (Å²) in [5.74, 6) is -2.57. The lowest BCUT2D eigenvalue weighted by atomic mass is 10.1. The highest BCUT2D eigenvalue weighted by molar-refractivity contribution is 8.15. The summed E-state index contributed by atoms with van der Waals surface area (Å²) in [4.78, 5) is 15.0. The summed E-state index contributed by atoms with van der Waals surface area (Å²) < 4.78 is 24.8. The number of rotatable bonds is 9. The first-order valence-electron chi connectivity index (χ1n) is 9.95. The Kier molecular flexibility index (Phi) is 8.48. The van der Waals surface area contributed by atoms with Gasteiger partial charge in [0.05, 0.1) is 11.5 Å². The third-order valence-corrected chi connectivity index (χ3v) is 6.52. The van der Waals surface area contributed by atoms with Crippen LogP contribution in [-0.2, 0) is 11.2 Å². The van der Waals surface area contributed by atoms with Crippen LogP contribution in [0, 0.1) is 0 Å². The van der Waals surface area contributed by atoms with Crippen molar-refractivity contribution in [3.8, 4) is 0 Å². The van der Waals surface area contributed by atoms with Crippen molar-refractivity contribution >= 4 is 46.5 Å². The third-order valence-electron chi connectivity index (χ3n) is 4.72. The van der Waals surface area contributed by atoms with Crippen LogP contribution in [-0.4, -0.2) is 41.4 Å². The van der Waals surface area contributed by atoms with E-state index in [0.29, 0.717) is 28.2 Å². The first kappa shape index (κ1) is 23.3. The zero-order valence-corrected chi connectivity index (χ0v) is 18.9. The number of nitrogens with one attached hydrogen (secondary N) is 1. The molecule has 2 aromatic rings. The number of halogens is 2. The van der Waals surface area contributed by atoms with E-state index in [1.807, 2.05) is 12.1 Å². The summed E-state index contributed by atoms with van der Waals surface area (Å²) in [6.07, 6.45) is 2.14. The van der Waals surface area contributed by atoms with Gasteiger partial charge in [-0.15, -0.1) is 5.10 Å². The second-order valence-electron chi connectivity index (χ2n) is 6.74. The Balaban J connectivity index is 1.55. The van der Waals surface area contributed by atoms with Crippen molar-refractivity contribution in [2.75, 3.05) is 18.0 Å². The van der Waals surface area contributed by atoms with Crippen LogP contribution in [0.15, 0.2) is 63.6 Å². The van der Waals surface area contributed by atoms with E-state index in [1.54, 1.807) is 30.5 Å². The highest BCUT2D eigenvalue weighted by Gasteiger charge is 2.30. The predicted octanol–water partition coefficient (Wildman–Crippen LogP) is 5.01. The Morgan fingerprint density at radius 1 is 1.13 bits per heavy atom. The molecule has 5 nitrogen and oxygen atoms in total. The number of thioether (sulfide) groups is 2. The molecule has 0 aromatic heterocycles. The quantitative estimate of drug-likeness (QED) is 0.323. The number of carbonyl (C=O) groups is 1. The maximum absolute atomic E-state index is 12.4. The zero-order chi connectivity index (χ0) is 22.2. The van der Waals surface area contributed by atoms with E-state index in [1.165, 1.54) is 11.8 Å². The Morgan fingerprint density at radius 2 is 1.81 bits per heavy atom. The van der Waals surface area contributed by atoms with Gasteiger partial charge in [0.2, 0.25) is 5.91 Å². The monoisotopic (exact) mass is 462 g/mol. The highest BCUT2D eigenvalue weighted by atomic mass is 32.2. The Hall–Kier alpha value is -2.39. The van der Waals surface area contributed by atoms with Gasteiger partial charge in [0.25, 0.3) is 5.76 Å². The van der Waals surface area contributed by atoms with Gasteiger partial charge in [-0.1, -0.05) is 47.8 Å². The molecule has 1 aliphatic rings. The highest BCUT2D eigenvalue weighted by Crippen LogP contribution is 2.27. The molecule has 1 atom stereocenters. The number of nitrogens with zero attached hydrogens (tertiary/aromatic N) is 3. The number of carbonyl (C=O) groups excluding carboxylic acids is 1. The molecule has 0 aliphatic carbocycles. The second kappa shape index (κ2) is 11.3. The fraction of sp³-hybridized carbons (Fsp3) is 0.318. The normalized spacial score (nSPS) is 17.6. The number of anilines is 1. The Labute approximate surface area is 189 Å². The van der Waals surface area contributed by atoms with Gasteiger partial charge in [-0.3, -0.25) is 4.79 Å². The molecule has 2 aromatic carbocycles. The van der Waals surface area contributed by atoms with E-state index in [4.69, 9.17) is 0 Å². The average Bonchev–Trinajstić information content (AvgIpc) is 3.10. The Bertz CT molecular complexity index is 930. The van der Waals surface area contributed by atoms with E-state index in [2.05, 4.69) is 46.4 Å². The smallest absolute Gasteiger partial charge is 0.288 e. The lowest BCUT2D eigenvalue weighted by Crippen LogP contribution is -2.25. The fourth-order valence-electron chi connectivity index (χ4n) is 3.12. The van der Waals surface area contributed by atoms with Crippen LogP contribution in [0.1, 0.15) is 25.0 Å². The molecular formula is C22H24F2N4OS2. The molecule has 0 radical (unpaired) electrons. The SMILES string of the molecule is CCN(CC)c1ccc(/C=N/N=C2\NC(=O)C(Cc3ccc(SC(F)F)cc3)S2)cc1.